The first kappa shape index (κ1) is 18.4. The average Bonchev–Trinajstić information content (AvgIpc) is 2.66. The number of benzene rings is 1. The van der Waals surface area contributed by atoms with E-state index in [-0.39, 0.29) is 5.91 Å². The maximum atomic E-state index is 11.9. The molecule has 134 valence electrons. The van der Waals surface area contributed by atoms with Crippen molar-refractivity contribution in [3.05, 3.63) is 42.2 Å². The van der Waals surface area contributed by atoms with E-state index in [0.29, 0.717) is 36.8 Å². The van der Waals surface area contributed by atoms with Gasteiger partial charge in [0.05, 0.1) is 21.3 Å². The highest BCUT2D eigenvalue weighted by atomic mass is 16.5. The molecule has 1 aromatic carbocycles. The number of aromatic nitrogens is 1. The molecule has 0 saturated carbocycles. The van der Waals surface area contributed by atoms with Gasteiger partial charge in [-0.3, -0.25) is 9.78 Å². The van der Waals surface area contributed by atoms with E-state index in [4.69, 9.17) is 14.2 Å². The van der Waals surface area contributed by atoms with Gasteiger partial charge >= 0.3 is 0 Å². The normalized spacial score (nSPS) is 10.0. The topological polar surface area (TPSA) is 81.7 Å². The van der Waals surface area contributed by atoms with Crippen molar-refractivity contribution < 1.29 is 19.0 Å². The Kier molecular flexibility index (Phi) is 6.88. The third-order valence-corrected chi connectivity index (χ3v) is 3.56. The van der Waals surface area contributed by atoms with Crippen LogP contribution in [0.5, 0.6) is 17.2 Å². The number of carbonyl (C=O) groups excluding carboxylic acids is 1. The van der Waals surface area contributed by atoms with Crippen LogP contribution >= 0.6 is 0 Å². The van der Waals surface area contributed by atoms with Crippen LogP contribution < -0.4 is 24.8 Å². The Morgan fingerprint density at radius 1 is 1.12 bits per heavy atom. The molecule has 7 nitrogen and oxygen atoms in total. The maximum Gasteiger partial charge on any atom is 0.222 e. The van der Waals surface area contributed by atoms with Crippen LogP contribution in [0, 0.1) is 0 Å². The number of hydrogen-bond donors (Lipinski definition) is 2. The maximum absolute atomic E-state index is 11.9. The summed E-state index contributed by atoms with van der Waals surface area (Å²) in [5, 5.41) is 6.05. The molecule has 1 heterocycles. The zero-order valence-electron chi connectivity index (χ0n) is 14.7. The summed E-state index contributed by atoms with van der Waals surface area (Å²) in [6.45, 7) is 0.953. The molecule has 0 unspecified atom stereocenters. The number of pyridine rings is 1. The van der Waals surface area contributed by atoms with Crippen LogP contribution in [0.1, 0.15) is 12.0 Å². The second-order valence-electron chi connectivity index (χ2n) is 5.23. The van der Waals surface area contributed by atoms with Crippen molar-refractivity contribution in [2.45, 2.75) is 13.0 Å². The summed E-state index contributed by atoms with van der Waals surface area (Å²) in [5.41, 5.74) is 1.75. The van der Waals surface area contributed by atoms with Gasteiger partial charge in [0, 0.05) is 49.7 Å². The number of nitrogens with zero attached hydrogens (tertiary/aromatic N) is 1. The average molecular weight is 345 g/mol. The molecule has 2 N–H and O–H groups in total. The molecule has 25 heavy (non-hydrogen) atoms. The summed E-state index contributed by atoms with van der Waals surface area (Å²) in [6.07, 6.45) is 3.78. The van der Waals surface area contributed by atoms with E-state index in [9.17, 15) is 4.79 Å². The number of hydrogen-bond acceptors (Lipinski definition) is 6. The number of rotatable bonds is 9. The van der Waals surface area contributed by atoms with Crippen LogP contribution in [0.2, 0.25) is 0 Å². The van der Waals surface area contributed by atoms with Crippen molar-refractivity contribution in [3.8, 4) is 17.2 Å². The van der Waals surface area contributed by atoms with Crippen molar-refractivity contribution in [1.29, 1.82) is 0 Å². The van der Waals surface area contributed by atoms with Gasteiger partial charge in [0.2, 0.25) is 11.7 Å². The number of anilines is 1. The van der Waals surface area contributed by atoms with Crippen LogP contribution in [0.15, 0.2) is 36.7 Å². The zero-order chi connectivity index (χ0) is 18.1. The highest BCUT2D eigenvalue weighted by molar-refractivity contribution is 5.76. The predicted octanol–water partition coefficient (Wildman–Crippen LogP) is 2.23. The first-order valence-electron chi connectivity index (χ1n) is 7.87. The lowest BCUT2D eigenvalue weighted by atomic mass is 10.2. The van der Waals surface area contributed by atoms with E-state index in [2.05, 4.69) is 15.6 Å². The fraction of sp³-hybridized carbons (Fsp3) is 0.333. The molecular weight excluding hydrogens is 322 g/mol. The zero-order valence-corrected chi connectivity index (χ0v) is 14.7. The Balaban J connectivity index is 1.85. The summed E-state index contributed by atoms with van der Waals surface area (Å²) in [6, 6.07) is 7.36. The Hall–Kier alpha value is -2.96. The quantitative estimate of drug-likeness (QED) is 0.725. The van der Waals surface area contributed by atoms with Crippen LogP contribution in [0.25, 0.3) is 0 Å². The second kappa shape index (κ2) is 9.36. The summed E-state index contributed by atoms with van der Waals surface area (Å²) in [7, 11) is 4.68. The summed E-state index contributed by atoms with van der Waals surface area (Å²) < 4.78 is 15.9. The van der Waals surface area contributed by atoms with Gasteiger partial charge in [0.25, 0.3) is 0 Å². The predicted molar refractivity (Wildman–Crippen MR) is 95.3 cm³/mol. The third-order valence-electron chi connectivity index (χ3n) is 3.56. The monoisotopic (exact) mass is 345 g/mol. The molecule has 1 amide bonds. The van der Waals surface area contributed by atoms with Gasteiger partial charge < -0.3 is 24.8 Å². The third kappa shape index (κ3) is 5.27. The van der Waals surface area contributed by atoms with Gasteiger partial charge in [-0.2, -0.15) is 0 Å². The Morgan fingerprint density at radius 2 is 1.84 bits per heavy atom. The number of amides is 1. The molecule has 0 saturated heterocycles. The Bertz CT molecular complexity index is 667. The molecule has 2 rings (SSSR count). The molecule has 0 spiro atoms. The van der Waals surface area contributed by atoms with Gasteiger partial charge in [0.15, 0.2) is 11.5 Å². The van der Waals surface area contributed by atoms with Crippen LogP contribution in [0.4, 0.5) is 5.69 Å². The number of carbonyl (C=O) groups is 1. The minimum Gasteiger partial charge on any atom is -0.493 e. The SMILES string of the molecule is COc1cc(NCCC(=O)NCc2cccnc2)cc(OC)c1OC. The molecule has 0 aliphatic heterocycles. The molecule has 1 aromatic heterocycles. The van der Waals surface area contributed by atoms with Gasteiger partial charge in [-0.25, -0.2) is 0 Å². The van der Waals surface area contributed by atoms with Crippen molar-refractivity contribution in [2.24, 2.45) is 0 Å². The second-order valence-corrected chi connectivity index (χ2v) is 5.23. The molecule has 0 aliphatic rings. The Labute approximate surface area is 147 Å². The fourth-order valence-corrected chi connectivity index (χ4v) is 2.30. The summed E-state index contributed by atoms with van der Waals surface area (Å²) >= 11 is 0. The fourth-order valence-electron chi connectivity index (χ4n) is 2.30. The van der Waals surface area contributed by atoms with Gasteiger partial charge in [-0.15, -0.1) is 0 Å². The summed E-state index contributed by atoms with van der Waals surface area (Å²) in [4.78, 5) is 15.9. The van der Waals surface area contributed by atoms with Crippen molar-refractivity contribution in [3.63, 3.8) is 0 Å². The molecule has 0 aliphatic carbocycles. The van der Waals surface area contributed by atoms with Crippen LogP contribution in [-0.4, -0.2) is 38.8 Å². The van der Waals surface area contributed by atoms with Crippen LogP contribution in [-0.2, 0) is 11.3 Å². The van der Waals surface area contributed by atoms with Gasteiger partial charge in [-0.05, 0) is 11.6 Å². The molecule has 0 radical (unpaired) electrons. The van der Waals surface area contributed by atoms with E-state index in [1.165, 1.54) is 0 Å². The molecule has 2 aromatic rings. The lowest BCUT2D eigenvalue weighted by molar-refractivity contribution is -0.121. The highest BCUT2D eigenvalue weighted by Gasteiger charge is 2.13. The minimum atomic E-state index is -0.0382. The number of nitrogens with one attached hydrogen (secondary N) is 2. The molecule has 7 heteroatoms. The number of ether oxygens (including phenoxy) is 3. The molecule has 0 atom stereocenters. The first-order valence-corrected chi connectivity index (χ1v) is 7.87. The molecule has 0 bridgehead atoms. The standard InChI is InChI=1S/C18H23N3O4/c1-23-15-9-14(10-16(24-2)18(15)25-3)20-8-6-17(22)21-12-13-5-4-7-19-11-13/h4-5,7,9-11,20H,6,8,12H2,1-3H3,(H,21,22). The number of methoxy groups -OCH3 is 3. The van der Waals surface area contributed by atoms with Crippen molar-refractivity contribution in [1.82, 2.24) is 10.3 Å². The summed E-state index contributed by atoms with van der Waals surface area (Å²) in [5.74, 6) is 1.62. The smallest absolute Gasteiger partial charge is 0.222 e. The van der Waals surface area contributed by atoms with Crippen LogP contribution in [0.3, 0.4) is 0 Å². The lowest BCUT2D eigenvalue weighted by Crippen LogP contribution is -2.24. The van der Waals surface area contributed by atoms with E-state index in [1.54, 1.807) is 45.9 Å². The van der Waals surface area contributed by atoms with E-state index in [0.717, 1.165) is 11.3 Å². The van der Waals surface area contributed by atoms with E-state index < -0.39 is 0 Å². The van der Waals surface area contributed by atoms with Gasteiger partial charge in [-0.1, -0.05) is 6.07 Å². The van der Waals surface area contributed by atoms with Gasteiger partial charge in [0.1, 0.15) is 0 Å². The first-order chi connectivity index (χ1) is 12.2. The van der Waals surface area contributed by atoms with Crippen molar-refractivity contribution >= 4 is 11.6 Å². The van der Waals surface area contributed by atoms with Crippen molar-refractivity contribution in [2.75, 3.05) is 33.2 Å². The largest absolute Gasteiger partial charge is 0.493 e. The minimum absolute atomic E-state index is 0.0382. The van der Waals surface area contributed by atoms with E-state index >= 15 is 0 Å². The Morgan fingerprint density at radius 3 is 2.40 bits per heavy atom. The molecular formula is C18H23N3O4. The lowest BCUT2D eigenvalue weighted by Gasteiger charge is -2.15. The highest BCUT2D eigenvalue weighted by Crippen LogP contribution is 2.39. The molecule has 0 fully saturated rings. The van der Waals surface area contributed by atoms with E-state index in [1.807, 2.05) is 12.1 Å².